The number of aromatic nitrogens is 2. The van der Waals surface area contributed by atoms with Crippen LogP contribution in [0.5, 0.6) is 0 Å². The van der Waals surface area contributed by atoms with Gasteiger partial charge < -0.3 is 5.73 Å². The van der Waals surface area contributed by atoms with E-state index in [2.05, 4.69) is 9.88 Å². The molecule has 0 spiro atoms. The van der Waals surface area contributed by atoms with Crippen LogP contribution in [0.2, 0.25) is 0 Å². The minimum absolute atomic E-state index is 0.00487. The summed E-state index contributed by atoms with van der Waals surface area (Å²) in [5.41, 5.74) is 6.69. The minimum atomic E-state index is -0.00487. The number of nitrogens with two attached hydrogens (primary N) is 1. The Labute approximate surface area is 103 Å². The average Bonchev–Trinajstić information content (AvgIpc) is 2.87. The van der Waals surface area contributed by atoms with Crippen LogP contribution in [0.25, 0.3) is 4.96 Å². The van der Waals surface area contributed by atoms with E-state index in [9.17, 15) is 4.79 Å². The van der Waals surface area contributed by atoms with Crippen molar-refractivity contribution >= 4 is 16.3 Å². The lowest BCUT2D eigenvalue weighted by molar-refractivity contribution is 0.323. The molecule has 0 bridgehead atoms. The van der Waals surface area contributed by atoms with Gasteiger partial charge in [-0.25, -0.2) is 4.98 Å². The molecule has 0 radical (unpaired) electrons. The number of thiazole rings is 1. The van der Waals surface area contributed by atoms with Crippen molar-refractivity contribution in [2.24, 2.45) is 5.73 Å². The maximum Gasteiger partial charge on any atom is 0.258 e. The molecule has 1 fully saturated rings. The van der Waals surface area contributed by atoms with Crippen LogP contribution >= 0.6 is 11.3 Å². The van der Waals surface area contributed by atoms with Crippen molar-refractivity contribution in [2.45, 2.75) is 19.0 Å². The Morgan fingerprint density at radius 1 is 1.59 bits per heavy atom. The maximum absolute atomic E-state index is 11.8. The molecule has 17 heavy (non-hydrogen) atoms. The summed E-state index contributed by atoms with van der Waals surface area (Å²) >= 11 is 1.48. The summed E-state index contributed by atoms with van der Waals surface area (Å²) in [5.74, 6) is 0. The fraction of sp³-hybridized carbons (Fsp3) is 0.455. The van der Waals surface area contributed by atoms with Gasteiger partial charge in [0.2, 0.25) is 0 Å². The van der Waals surface area contributed by atoms with Gasteiger partial charge in [0, 0.05) is 43.3 Å². The first kappa shape index (κ1) is 10.9. The maximum atomic E-state index is 11.8. The normalized spacial score (nSPS) is 21.4. The summed E-state index contributed by atoms with van der Waals surface area (Å²) in [6, 6.07) is 1.88. The third-order valence-corrected chi connectivity index (χ3v) is 3.81. The van der Waals surface area contributed by atoms with Crippen LogP contribution in [0.4, 0.5) is 0 Å². The molecule has 5 nitrogen and oxygen atoms in total. The molecule has 1 aliphatic rings. The Balaban J connectivity index is 1.88. The second-order valence-electron chi connectivity index (χ2n) is 4.43. The van der Waals surface area contributed by atoms with Crippen molar-refractivity contribution < 1.29 is 0 Å². The van der Waals surface area contributed by atoms with E-state index in [-0.39, 0.29) is 11.6 Å². The fourth-order valence-corrected chi connectivity index (χ4v) is 2.94. The predicted octanol–water partition coefficient (Wildman–Crippen LogP) is 0.289. The third kappa shape index (κ3) is 2.11. The smallest absolute Gasteiger partial charge is 0.258 e. The zero-order chi connectivity index (χ0) is 11.8. The standard InChI is InChI=1S/C11H14N4OS/c12-8-1-2-14(6-8)7-9-5-10(16)15-3-4-17-11(15)13-9/h3-5,8H,1-2,6-7,12H2/t8-/m0/s1. The summed E-state index contributed by atoms with van der Waals surface area (Å²) in [6.45, 7) is 2.61. The van der Waals surface area contributed by atoms with E-state index in [1.165, 1.54) is 11.3 Å². The van der Waals surface area contributed by atoms with Crippen LogP contribution in [0.3, 0.4) is 0 Å². The molecule has 3 rings (SSSR count). The van der Waals surface area contributed by atoms with Crippen LogP contribution in [0.15, 0.2) is 22.4 Å². The molecule has 90 valence electrons. The van der Waals surface area contributed by atoms with Gasteiger partial charge in [-0.2, -0.15) is 0 Å². The van der Waals surface area contributed by atoms with Crippen LogP contribution in [0, 0.1) is 0 Å². The summed E-state index contributed by atoms with van der Waals surface area (Å²) in [6.07, 6.45) is 2.78. The van der Waals surface area contributed by atoms with Gasteiger partial charge in [-0.1, -0.05) is 0 Å². The zero-order valence-corrected chi connectivity index (χ0v) is 10.2. The largest absolute Gasteiger partial charge is 0.326 e. The molecule has 0 unspecified atom stereocenters. The Bertz CT molecular complexity index is 590. The van der Waals surface area contributed by atoms with Crippen molar-refractivity contribution in [2.75, 3.05) is 13.1 Å². The second-order valence-corrected chi connectivity index (χ2v) is 5.30. The highest BCUT2D eigenvalue weighted by molar-refractivity contribution is 7.15. The van der Waals surface area contributed by atoms with E-state index < -0.39 is 0 Å². The molecule has 2 N–H and O–H groups in total. The number of likely N-dealkylation sites (tertiary alicyclic amines) is 1. The molecule has 1 saturated heterocycles. The number of nitrogens with zero attached hydrogens (tertiary/aromatic N) is 3. The lowest BCUT2D eigenvalue weighted by atomic mass is 10.3. The van der Waals surface area contributed by atoms with Crippen LogP contribution in [0.1, 0.15) is 12.1 Å². The first-order chi connectivity index (χ1) is 8.22. The molecule has 1 atom stereocenters. The molecular weight excluding hydrogens is 236 g/mol. The zero-order valence-electron chi connectivity index (χ0n) is 9.37. The van der Waals surface area contributed by atoms with E-state index >= 15 is 0 Å². The first-order valence-electron chi connectivity index (χ1n) is 5.66. The highest BCUT2D eigenvalue weighted by Crippen LogP contribution is 2.12. The summed E-state index contributed by atoms with van der Waals surface area (Å²) in [4.78, 5) is 19.3. The lowest BCUT2D eigenvalue weighted by Crippen LogP contribution is -2.27. The van der Waals surface area contributed by atoms with E-state index in [0.29, 0.717) is 0 Å². The van der Waals surface area contributed by atoms with Gasteiger partial charge in [0.1, 0.15) is 0 Å². The number of rotatable bonds is 2. The molecule has 0 saturated carbocycles. The SMILES string of the molecule is N[C@H]1CCN(Cc2cc(=O)n3ccsc3n2)C1. The van der Waals surface area contributed by atoms with E-state index in [0.717, 1.165) is 36.7 Å². The lowest BCUT2D eigenvalue weighted by Gasteiger charge is -2.13. The monoisotopic (exact) mass is 250 g/mol. The van der Waals surface area contributed by atoms with Crippen molar-refractivity contribution in [3.8, 4) is 0 Å². The van der Waals surface area contributed by atoms with Gasteiger partial charge in [0.25, 0.3) is 5.56 Å². The predicted molar refractivity (Wildman–Crippen MR) is 67.2 cm³/mol. The van der Waals surface area contributed by atoms with E-state index in [1.54, 1.807) is 16.7 Å². The number of hydrogen-bond acceptors (Lipinski definition) is 5. The molecule has 0 aromatic carbocycles. The Kier molecular flexibility index (Phi) is 2.70. The molecule has 0 aliphatic carbocycles. The Morgan fingerprint density at radius 2 is 2.47 bits per heavy atom. The van der Waals surface area contributed by atoms with Gasteiger partial charge in [0.05, 0.1) is 5.69 Å². The van der Waals surface area contributed by atoms with E-state index in [4.69, 9.17) is 5.73 Å². The minimum Gasteiger partial charge on any atom is -0.326 e. The average molecular weight is 250 g/mol. The number of hydrogen-bond donors (Lipinski definition) is 1. The highest BCUT2D eigenvalue weighted by atomic mass is 32.1. The second kappa shape index (κ2) is 4.21. The van der Waals surface area contributed by atoms with Gasteiger partial charge in [-0.05, 0) is 6.42 Å². The number of fused-ring (bicyclic) bond motifs is 1. The quantitative estimate of drug-likeness (QED) is 0.832. The van der Waals surface area contributed by atoms with Crippen LogP contribution < -0.4 is 11.3 Å². The van der Waals surface area contributed by atoms with E-state index in [1.807, 2.05) is 5.38 Å². The topological polar surface area (TPSA) is 63.6 Å². The highest BCUT2D eigenvalue weighted by Gasteiger charge is 2.19. The molecule has 6 heteroatoms. The molecule has 1 aliphatic heterocycles. The summed E-state index contributed by atoms with van der Waals surface area (Å²) in [7, 11) is 0. The van der Waals surface area contributed by atoms with Crippen LogP contribution in [-0.2, 0) is 6.54 Å². The van der Waals surface area contributed by atoms with Gasteiger partial charge >= 0.3 is 0 Å². The van der Waals surface area contributed by atoms with Crippen molar-refractivity contribution in [3.05, 3.63) is 33.7 Å². The van der Waals surface area contributed by atoms with Gasteiger partial charge in [-0.3, -0.25) is 14.1 Å². The first-order valence-corrected chi connectivity index (χ1v) is 6.54. The van der Waals surface area contributed by atoms with Gasteiger partial charge in [0.15, 0.2) is 4.96 Å². The van der Waals surface area contributed by atoms with Crippen LogP contribution in [-0.4, -0.2) is 33.4 Å². The molecule has 0 amide bonds. The summed E-state index contributed by atoms with van der Waals surface area (Å²) < 4.78 is 1.57. The summed E-state index contributed by atoms with van der Waals surface area (Å²) in [5, 5.41) is 1.87. The fourth-order valence-electron chi connectivity index (χ4n) is 2.20. The molecule has 3 heterocycles. The van der Waals surface area contributed by atoms with Crippen molar-refractivity contribution in [1.82, 2.24) is 14.3 Å². The molecule has 2 aromatic rings. The van der Waals surface area contributed by atoms with Crippen molar-refractivity contribution in [3.63, 3.8) is 0 Å². The Morgan fingerprint density at radius 3 is 3.24 bits per heavy atom. The molecular formula is C11H14N4OS. The molecule has 2 aromatic heterocycles. The third-order valence-electron chi connectivity index (χ3n) is 3.05. The Hall–Kier alpha value is -1.24. The van der Waals surface area contributed by atoms with Crippen molar-refractivity contribution in [1.29, 1.82) is 0 Å². The van der Waals surface area contributed by atoms with Gasteiger partial charge in [-0.15, -0.1) is 11.3 Å².